The van der Waals surface area contributed by atoms with Crippen LogP contribution in [0, 0.1) is 5.92 Å². The van der Waals surface area contributed by atoms with Crippen LogP contribution in [0.1, 0.15) is 41.8 Å². The number of fused-ring (bicyclic) bond motifs is 1. The summed E-state index contributed by atoms with van der Waals surface area (Å²) in [6.07, 6.45) is 5.39. The van der Waals surface area contributed by atoms with Crippen LogP contribution in [0.2, 0.25) is 0 Å². The summed E-state index contributed by atoms with van der Waals surface area (Å²) in [5, 5.41) is 5.26. The van der Waals surface area contributed by atoms with Gasteiger partial charge in [0.2, 0.25) is 5.91 Å². The number of piperidine rings is 2. The van der Waals surface area contributed by atoms with Gasteiger partial charge in [-0.05, 0) is 73.8 Å². The minimum absolute atomic E-state index is 0.0748. The van der Waals surface area contributed by atoms with Gasteiger partial charge in [-0.25, -0.2) is 0 Å². The van der Waals surface area contributed by atoms with Gasteiger partial charge in [-0.1, -0.05) is 30.3 Å². The number of likely N-dealkylation sites (tertiary alicyclic amines) is 2. The molecule has 2 amide bonds. The number of carbonyl (C=O) groups is 2. The van der Waals surface area contributed by atoms with E-state index in [4.69, 9.17) is 4.42 Å². The summed E-state index contributed by atoms with van der Waals surface area (Å²) in [4.78, 5) is 30.1. The number of nitrogens with zero attached hydrogens (tertiary/aromatic N) is 2. The smallest absolute Gasteiger partial charge is 0.253 e. The van der Waals surface area contributed by atoms with Gasteiger partial charge in [0.15, 0.2) is 0 Å². The van der Waals surface area contributed by atoms with Crippen LogP contribution < -0.4 is 5.32 Å². The van der Waals surface area contributed by atoms with Gasteiger partial charge in [0.05, 0.1) is 12.8 Å². The lowest BCUT2D eigenvalue weighted by molar-refractivity contribution is -0.127. The summed E-state index contributed by atoms with van der Waals surface area (Å²) < 4.78 is 5.29. The highest BCUT2D eigenvalue weighted by molar-refractivity contribution is 5.98. The summed E-state index contributed by atoms with van der Waals surface area (Å²) in [6.45, 7) is 3.93. The van der Waals surface area contributed by atoms with Crippen molar-refractivity contribution in [1.29, 1.82) is 0 Å². The van der Waals surface area contributed by atoms with E-state index in [0.29, 0.717) is 12.6 Å². The Labute approximate surface area is 194 Å². The fourth-order valence-corrected chi connectivity index (χ4v) is 5.20. The molecule has 2 aromatic carbocycles. The molecule has 0 atom stereocenters. The molecule has 0 unspecified atom stereocenters. The molecule has 2 saturated heterocycles. The predicted octanol–water partition coefficient (Wildman–Crippen LogP) is 4.07. The van der Waals surface area contributed by atoms with Crippen LogP contribution >= 0.6 is 0 Å². The number of rotatable bonds is 5. The summed E-state index contributed by atoms with van der Waals surface area (Å²) in [7, 11) is 0. The molecule has 0 bridgehead atoms. The van der Waals surface area contributed by atoms with Crippen molar-refractivity contribution >= 4 is 22.6 Å². The first kappa shape index (κ1) is 21.7. The fraction of sp³-hybridized carbons (Fsp3) is 0.407. The number of benzene rings is 2. The fourth-order valence-electron chi connectivity index (χ4n) is 5.20. The molecule has 5 rings (SSSR count). The molecule has 1 N–H and O–H groups in total. The van der Waals surface area contributed by atoms with Crippen molar-refractivity contribution in [2.45, 2.75) is 38.3 Å². The third-order valence-electron chi connectivity index (χ3n) is 7.18. The molecule has 0 aliphatic carbocycles. The average Bonchev–Trinajstić information content (AvgIpc) is 3.40. The molecule has 33 heavy (non-hydrogen) atoms. The molecule has 3 aromatic rings. The SMILES string of the molecule is O=C(NCc1ccco1)C1CCN(C2CCN(C(=O)c3ccc4ccccc4c3)CC2)CC1. The molecule has 6 nitrogen and oxygen atoms in total. The Kier molecular flexibility index (Phi) is 6.44. The van der Waals surface area contributed by atoms with E-state index in [9.17, 15) is 9.59 Å². The molecule has 2 aliphatic heterocycles. The van der Waals surface area contributed by atoms with Crippen molar-refractivity contribution in [2.24, 2.45) is 5.92 Å². The maximum absolute atomic E-state index is 13.1. The van der Waals surface area contributed by atoms with Crippen LogP contribution in [-0.2, 0) is 11.3 Å². The summed E-state index contributed by atoms with van der Waals surface area (Å²) in [6, 6.07) is 18.3. The second kappa shape index (κ2) is 9.79. The largest absolute Gasteiger partial charge is 0.467 e. The van der Waals surface area contributed by atoms with Crippen LogP contribution in [0.5, 0.6) is 0 Å². The first-order valence-corrected chi connectivity index (χ1v) is 12.0. The molecule has 1 aromatic heterocycles. The topological polar surface area (TPSA) is 65.8 Å². The number of carbonyl (C=O) groups excluding carboxylic acids is 2. The molecule has 0 spiro atoms. The minimum atomic E-state index is 0.0748. The highest BCUT2D eigenvalue weighted by atomic mass is 16.3. The van der Waals surface area contributed by atoms with Gasteiger partial charge in [-0.3, -0.25) is 9.59 Å². The second-order valence-electron chi connectivity index (χ2n) is 9.19. The Hall–Kier alpha value is -3.12. The van der Waals surface area contributed by atoms with Crippen molar-refractivity contribution < 1.29 is 14.0 Å². The predicted molar refractivity (Wildman–Crippen MR) is 128 cm³/mol. The van der Waals surface area contributed by atoms with E-state index < -0.39 is 0 Å². The molecule has 2 aliphatic rings. The van der Waals surface area contributed by atoms with Gasteiger partial charge in [-0.2, -0.15) is 0 Å². The van der Waals surface area contributed by atoms with Crippen LogP contribution in [0.3, 0.4) is 0 Å². The standard InChI is InChI=1S/C27H31N3O3/c31-26(28-19-25-6-3-17-33-25)21-9-13-29(14-10-21)24-11-15-30(16-12-24)27(32)23-8-7-20-4-1-2-5-22(20)18-23/h1-8,17-18,21,24H,9-16,19H2,(H,28,31). The number of amides is 2. The van der Waals surface area contributed by atoms with Crippen molar-refractivity contribution in [2.75, 3.05) is 26.2 Å². The number of hydrogen-bond acceptors (Lipinski definition) is 4. The zero-order valence-electron chi connectivity index (χ0n) is 18.9. The summed E-state index contributed by atoms with van der Waals surface area (Å²) in [5.41, 5.74) is 0.772. The lowest BCUT2D eigenvalue weighted by Crippen LogP contribution is -2.50. The summed E-state index contributed by atoms with van der Waals surface area (Å²) in [5.74, 6) is 1.12. The number of furan rings is 1. The molecule has 0 saturated carbocycles. The maximum atomic E-state index is 13.1. The van der Waals surface area contributed by atoms with Crippen LogP contribution in [0.15, 0.2) is 65.3 Å². The van der Waals surface area contributed by atoms with Crippen molar-refractivity contribution in [1.82, 2.24) is 15.1 Å². The average molecular weight is 446 g/mol. The van der Waals surface area contributed by atoms with E-state index in [-0.39, 0.29) is 17.7 Å². The molecule has 0 radical (unpaired) electrons. The van der Waals surface area contributed by atoms with Crippen LogP contribution in [0.4, 0.5) is 0 Å². The minimum Gasteiger partial charge on any atom is -0.467 e. The van der Waals surface area contributed by atoms with E-state index in [1.165, 1.54) is 0 Å². The first-order chi connectivity index (χ1) is 16.2. The molecule has 3 heterocycles. The number of hydrogen-bond donors (Lipinski definition) is 1. The molecule has 2 fully saturated rings. The zero-order chi connectivity index (χ0) is 22.6. The van der Waals surface area contributed by atoms with Gasteiger partial charge < -0.3 is 19.5 Å². The van der Waals surface area contributed by atoms with Crippen LogP contribution in [0.25, 0.3) is 10.8 Å². The van der Waals surface area contributed by atoms with Gasteiger partial charge in [0.1, 0.15) is 5.76 Å². The van der Waals surface area contributed by atoms with Gasteiger partial charge >= 0.3 is 0 Å². The molecule has 172 valence electrons. The van der Waals surface area contributed by atoms with E-state index >= 15 is 0 Å². The molecular formula is C27H31N3O3. The van der Waals surface area contributed by atoms with E-state index in [1.807, 2.05) is 47.4 Å². The Morgan fingerprint density at radius 1 is 0.879 bits per heavy atom. The highest BCUT2D eigenvalue weighted by Crippen LogP contribution is 2.25. The summed E-state index contributed by atoms with van der Waals surface area (Å²) >= 11 is 0. The lowest BCUT2D eigenvalue weighted by atomic mass is 9.92. The Balaban J connectivity index is 1.09. The zero-order valence-corrected chi connectivity index (χ0v) is 18.9. The highest BCUT2D eigenvalue weighted by Gasteiger charge is 2.31. The first-order valence-electron chi connectivity index (χ1n) is 12.0. The molecular weight excluding hydrogens is 414 g/mol. The second-order valence-corrected chi connectivity index (χ2v) is 9.19. The van der Waals surface area contributed by atoms with E-state index in [2.05, 4.69) is 22.3 Å². The van der Waals surface area contributed by atoms with Crippen molar-refractivity contribution in [3.8, 4) is 0 Å². The Bertz CT molecular complexity index is 1090. The maximum Gasteiger partial charge on any atom is 0.253 e. The van der Waals surface area contributed by atoms with Crippen molar-refractivity contribution in [3.05, 3.63) is 72.2 Å². The number of nitrogens with one attached hydrogen (secondary N) is 1. The Morgan fingerprint density at radius 2 is 1.64 bits per heavy atom. The lowest BCUT2D eigenvalue weighted by Gasteiger charge is -2.41. The Morgan fingerprint density at radius 3 is 2.36 bits per heavy atom. The van der Waals surface area contributed by atoms with Crippen molar-refractivity contribution in [3.63, 3.8) is 0 Å². The van der Waals surface area contributed by atoms with Gasteiger partial charge in [0, 0.05) is 30.6 Å². The monoisotopic (exact) mass is 445 g/mol. The third-order valence-corrected chi connectivity index (χ3v) is 7.18. The van der Waals surface area contributed by atoms with Gasteiger partial charge in [-0.15, -0.1) is 0 Å². The quantitative estimate of drug-likeness (QED) is 0.643. The normalized spacial score (nSPS) is 18.5. The van der Waals surface area contributed by atoms with E-state index in [1.54, 1.807) is 6.26 Å². The van der Waals surface area contributed by atoms with E-state index in [0.717, 1.165) is 74.0 Å². The van der Waals surface area contributed by atoms with Gasteiger partial charge in [0.25, 0.3) is 5.91 Å². The van der Waals surface area contributed by atoms with Crippen LogP contribution in [-0.4, -0.2) is 53.8 Å². The molecule has 6 heteroatoms. The third kappa shape index (κ3) is 4.96.